The van der Waals surface area contributed by atoms with E-state index in [2.05, 4.69) is 25.8 Å². The van der Waals surface area contributed by atoms with Crippen molar-refractivity contribution in [1.82, 2.24) is 0 Å². The van der Waals surface area contributed by atoms with E-state index in [0.29, 0.717) is 12.0 Å². The molecule has 1 fully saturated rings. The molecule has 100 valence electrons. The van der Waals surface area contributed by atoms with E-state index >= 15 is 0 Å². The van der Waals surface area contributed by atoms with E-state index in [9.17, 15) is 4.39 Å². The number of anilines is 1. The molecule has 0 heterocycles. The zero-order chi connectivity index (χ0) is 13.4. The Bertz CT molecular complexity index is 413. The highest BCUT2D eigenvalue weighted by atomic mass is 19.1. The average molecular weight is 250 g/mol. The summed E-state index contributed by atoms with van der Waals surface area (Å²) in [6, 6.07) is 6.68. The normalized spacial score (nSPS) is 26.3. The maximum atomic E-state index is 13.0. The lowest BCUT2D eigenvalue weighted by Gasteiger charge is -2.41. The van der Waals surface area contributed by atoms with Gasteiger partial charge in [0.1, 0.15) is 5.82 Å². The summed E-state index contributed by atoms with van der Waals surface area (Å²) in [5.41, 5.74) is 7.44. The first kappa shape index (κ1) is 13.3. The monoisotopic (exact) mass is 250 g/mol. The molecule has 1 aromatic rings. The van der Waals surface area contributed by atoms with Crippen LogP contribution in [0.15, 0.2) is 24.3 Å². The van der Waals surface area contributed by atoms with E-state index in [1.54, 1.807) is 0 Å². The molecular weight excluding hydrogens is 227 g/mol. The number of halogens is 1. The molecule has 0 saturated heterocycles. The summed E-state index contributed by atoms with van der Waals surface area (Å²) < 4.78 is 13.0. The van der Waals surface area contributed by atoms with Crippen LogP contribution in [0.3, 0.4) is 0 Å². The molecular formula is C15H23FN2. The molecule has 1 saturated carbocycles. The number of likely N-dealkylation sites (N-methyl/N-ethyl adjacent to an activating group) is 1. The minimum Gasteiger partial charge on any atom is -0.368 e. The summed E-state index contributed by atoms with van der Waals surface area (Å²) in [5.74, 6) is -0.194. The van der Waals surface area contributed by atoms with Gasteiger partial charge in [-0.15, -0.1) is 0 Å². The highest BCUT2D eigenvalue weighted by molar-refractivity contribution is 5.49. The van der Waals surface area contributed by atoms with Gasteiger partial charge in [0.05, 0.1) is 5.54 Å². The molecule has 1 aliphatic rings. The third-order valence-corrected chi connectivity index (χ3v) is 4.38. The predicted molar refractivity (Wildman–Crippen MR) is 74.2 cm³/mol. The Labute approximate surface area is 109 Å². The lowest BCUT2D eigenvalue weighted by molar-refractivity contribution is 0.332. The zero-order valence-electron chi connectivity index (χ0n) is 11.5. The Morgan fingerprint density at radius 1 is 1.22 bits per heavy atom. The van der Waals surface area contributed by atoms with Gasteiger partial charge in [0.25, 0.3) is 0 Å². The Balaban J connectivity index is 2.26. The SMILES string of the molecule is CN(c1ccc(F)cc1)C1(CN)CCC(C)(C)C1. The summed E-state index contributed by atoms with van der Waals surface area (Å²) in [6.07, 6.45) is 3.38. The first-order valence-electron chi connectivity index (χ1n) is 6.58. The Hall–Kier alpha value is -1.09. The van der Waals surface area contributed by atoms with Crippen LogP contribution in [0, 0.1) is 11.2 Å². The van der Waals surface area contributed by atoms with Gasteiger partial charge in [-0.05, 0) is 48.9 Å². The number of rotatable bonds is 3. The minimum atomic E-state index is -0.194. The van der Waals surface area contributed by atoms with Crippen LogP contribution in [0.2, 0.25) is 0 Å². The topological polar surface area (TPSA) is 29.3 Å². The van der Waals surface area contributed by atoms with Crippen molar-refractivity contribution >= 4 is 5.69 Å². The molecule has 2 rings (SSSR count). The number of nitrogens with zero attached hydrogens (tertiary/aromatic N) is 1. The first-order valence-corrected chi connectivity index (χ1v) is 6.58. The first-order chi connectivity index (χ1) is 8.38. The fourth-order valence-corrected chi connectivity index (χ4v) is 3.17. The van der Waals surface area contributed by atoms with Crippen LogP contribution < -0.4 is 10.6 Å². The Morgan fingerprint density at radius 2 is 1.83 bits per heavy atom. The van der Waals surface area contributed by atoms with Crippen LogP contribution in [0.1, 0.15) is 33.1 Å². The fraction of sp³-hybridized carbons (Fsp3) is 0.600. The number of nitrogens with two attached hydrogens (primary N) is 1. The van der Waals surface area contributed by atoms with Gasteiger partial charge in [-0.3, -0.25) is 0 Å². The lowest BCUT2D eigenvalue weighted by atomic mass is 9.86. The molecule has 3 heteroatoms. The van der Waals surface area contributed by atoms with Gasteiger partial charge in [-0.2, -0.15) is 0 Å². The van der Waals surface area contributed by atoms with Crippen molar-refractivity contribution in [2.75, 3.05) is 18.5 Å². The summed E-state index contributed by atoms with van der Waals surface area (Å²) in [5, 5.41) is 0. The second-order valence-corrected chi connectivity index (χ2v) is 6.30. The molecule has 2 N–H and O–H groups in total. The summed E-state index contributed by atoms with van der Waals surface area (Å²) in [7, 11) is 2.07. The molecule has 0 bridgehead atoms. The molecule has 2 nitrogen and oxygen atoms in total. The van der Waals surface area contributed by atoms with E-state index in [0.717, 1.165) is 18.5 Å². The third-order valence-electron chi connectivity index (χ3n) is 4.38. The maximum absolute atomic E-state index is 13.0. The third kappa shape index (κ3) is 2.37. The largest absolute Gasteiger partial charge is 0.368 e. The molecule has 18 heavy (non-hydrogen) atoms. The van der Waals surface area contributed by atoms with Crippen LogP contribution in [-0.2, 0) is 0 Å². The van der Waals surface area contributed by atoms with Gasteiger partial charge in [-0.1, -0.05) is 13.8 Å². The highest BCUT2D eigenvalue weighted by Gasteiger charge is 2.45. The Morgan fingerprint density at radius 3 is 2.28 bits per heavy atom. The van der Waals surface area contributed by atoms with Gasteiger partial charge in [-0.25, -0.2) is 4.39 Å². The number of hydrogen-bond donors (Lipinski definition) is 1. The van der Waals surface area contributed by atoms with Gasteiger partial charge in [0.2, 0.25) is 0 Å². The molecule has 1 aromatic carbocycles. The van der Waals surface area contributed by atoms with Crippen molar-refractivity contribution in [3.05, 3.63) is 30.1 Å². The molecule has 0 aromatic heterocycles. The molecule has 0 aliphatic heterocycles. The minimum absolute atomic E-state index is 0.0152. The second kappa shape index (κ2) is 4.54. The molecule has 1 aliphatic carbocycles. The molecule has 0 amide bonds. The van der Waals surface area contributed by atoms with Gasteiger partial charge in [0, 0.05) is 19.3 Å². The standard InChI is InChI=1S/C15H23FN2/c1-14(2)8-9-15(10-14,11-17)18(3)13-6-4-12(16)5-7-13/h4-7H,8-11,17H2,1-3H3. The fourth-order valence-electron chi connectivity index (χ4n) is 3.17. The van der Waals surface area contributed by atoms with Gasteiger partial charge in [0.15, 0.2) is 0 Å². The summed E-state index contributed by atoms with van der Waals surface area (Å²) >= 11 is 0. The van der Waals surface area contributed by atoms with Crippen molar-refractivity contribution in [2.45, 2.75) is 38.6 Å². The summed E-state index contributed by atoms with van der Waals surface area (Å²) in [4.78, 5) is 2.24. The maximum Gasteiger partial charge on any atom is 0.123 e. The van der Waals surface area contributed by atoms with Crippen molar-refractivity contribution in [1.29, 1.82) is 0 Å². The summed E-state index contributed by atoms with van der Waals surface area (Å²) in [6.45, 7) is 5.23. The van der Waals surface area contributed by atoms with E-state index in [1.807, 2.05) is 12.1 Å². The van der Waals surface area contributed by atoms with E-state index in [4.69, 9.17) is 5.73 Å². The van der Waals surface area contributed by atoms with E-state index in [-0.39, 0.29) is 11.4 Å². The van der Waals surface area contributed by atoms with Gasteiger partial charge >= 0.3 is 0 Å². The molecule has 1 atom stereocenters. The molecule has 0 radical (unpaired) electrons. The van der Waals surface area contributed by atoms with Crippen molar-refractivity contribution in [3.8, 4) is 0 Å². The molecule has 1 unspecified atom stereocenters. The van der Waals surface area contributed by atoms with Crippen molar-refractivity contribution in [2.24, 2.45) is 11.1 Å². The molecule has 0 spiro atoms. The second-order valence-electron chi connectivity index (χ2n) is 6.30. The predicted octanol–water partition coefficient (Wildman–Crippen LogP) is 3.17. The van der Waals surface area contributed by atoms with E-state index < -0.39 is 0 Å². The number of hydrogen-bond acceptors (Lipinski definition) is 2. The van der Waals surface area contributed by atoms with Crippen molar-refractivity contribution < 1.29 is 4.39 Å². The Kier molecular flexibility index (Phi) is 3.37. The average Bonchev–Trinajstić information content (AvgIpc) is 2.66. The highest BCUT2D eigenvalue weighted by Crippen LogP contribution is 2.46. The van der Waals surface area contributed by atoms with Crippen LogP contribution in [0.5, 0.6) is 0 Å². The quantitative estimate of drug-likeness (QED) is 0.892. The lowest BCUT2D eigenvalue weighted by Crippen LogP contribution is -2.51. The van der Waals surface area contributed by atoms with Crippen molar-refractivity contribution in [3.63, 3.8) is 0 Å². The smallest absolute Gasteiger partial charge is 0.123 e. The van der Waals surface area contributed by atoms with Crippen LogP contribution in [-0.4, -0.2) is 19.1 Å². The zero-order valence-corrected chi connectivity index (χ0v) is 11.5. The van der Waals surface area contributed by atoms with Gasteiger partial charge < -0.3 is 10.6 Å². The number of benzene rings is 1. The van der Waals surface area contributed by atoms with E-state index in [1.165, 1.54) is 18.6 Å². The van der Waals surface area contributed by atoms with Crippen LogP contribution in [0.25, 0.3) is 0 Å². The van der Waals surface area contributed by atoms with Crippen LogP contribution >= 0.6 is 0 Å². The van der Waals surface area contributed by atoms with Crippen LogP contribution in [0.4, 0.5) is 10.1 Å².